The molecule has 2 amide bonds. The number of carbonyl (C=O) groups is 2. The van der Waals surface area contributed by atoms with Crippen molar-refractivity contribution >= 4 is 12.0 Å². The van der Waals surface area contributed by atoms with E-state index < -0.39 is 17.7 Å². The van der Waals surface area contributed by atoms with Crippen molar-refractivity contribution in [3.63, 3.8) is 0 Å². The third kappa shape index (κ3) is 5.36. The number of likely N-dealkylation sites (tertiary alicyclic amines) is 1. The smallest absolute Gasteiger partial charge is 0.410 e. The lowest BCUT2D eigenvalue weighted by Gasteiger charge is -2.28. The molecule has 1 heterocycles. The molecule has 0 bridgehead atoms. The summed E-state index contributed by atoms with van der Waals surface area (Å²) in [6.07, 6.45) is 2.88. The Morgan fingerprint density at radius 3 is 2.65 bits per heavy atom. The summed E-state index contributed by atoms with van der Waals surface area (Å²) in [5, 5.41) is 2.86. The molecule has 1 atom stereocenters. The molecule has 0 unspecified atom stereocenters. The van der Waals surface area contributed by atoms with Gasteiger partial charge < -0.3 is 15.8 Å². The lowest BCUT2D eigenvalue weighted by molar-refractivity contribution is -0.125. The van der Waals surface area contributed by atoms with Gasteiger partial charge in [0.05, 0.1) is 0 Å². The van der Waals surface area contributed by atoms with Crippen molar-refractivity contribution in [2.75, 3.05) is 19.6 Å². The number of nitrogens with zero attached hydrogens (tertiary/aromatic N) is 1. The Morgan fingerprint density at radius 2 is 2.05 bits per heavy atom. The molecule has 6 nitrogen and oxygen atoms in total. The van der Waals surface area contributed by atoms with Crippen molar-refractivity contribution in [3.8, 4) is 0 Å². The van der Waals surface area contributed by atoms with Crippen LogP contribution in [0.1, 0.15) is 46.5 Å². The summed E-state index contributed by atoms with van der Waals surface area (Å²) in [5.74, 6) is -0.0922. The van der Waals surface area contributed by atoms with E-state index in [0.717, 1.165) is 19.3 Å². The van der Waals surface area contributed by atoms with Crippen LogP contribution in [0.5, 0.6) is 0 Å². The number of ether oxygens (including phenoxy) is 1. The van der Waals surface area contributed by atoms with Crippen LogP contribution in [-0.2, 0) is 9.53 Å². The number of nitrogens with two attached hydrogens (primary N) is 1. The standard InChI is InChI=1S/C14H27N3O3/c1-14(2,3)20-13(19)17-10-6-7-11(17)12(18)16-9-5-4-8-15/h11H,4-10,15H2,1-3H3,(H,16,18)/t11-/m0/s1. The van der Waals surface area contributed by atoms with Gasteiger partial charge in [-0.15, -0.1) is 0 Å². The van der Waals surface area contributed by atoms with Crippen molar-refractivity contribution in [2.24, 2.45) is 5.73 Å². The molecular weight excluding hydrogens is 258 g/mol. The second-order valence-corrected chi connectivity index (χ2v) is 6.12. The Hall–Kier alpha value is -1.30. The molecule has 20 heavy (non-hydrogen) atoms. The quantitative estimate of drug-likeness (QED) is 0.744. The summed E-state index contributed by atoms with van der Waals surface area (Å²) in [7, 11) is 0. The maximum absolute atomic E-state index is 12.1. The molecule has 0 saturated carbocycles. The first-order valence-corrected chi connectivity index (χ1v) is 7.32. The molecule has 0 spiro atoms. The largest absolute Gasteiger partial charge is 0.444 e. The molecule has 116 valence electrons. The molecule has 1 rings (SSSR count). The molecule has 1 aliphatic rings. The van der Waals surface area contributed by atoms with E-state index in [1.165, 1.54) is 4.90 Å². The Kier molecular flexibility index (Phi) is 6.26. The monoisotopic (exact) mass is 285 g/mol. The van der Waals surface area contributed by atoms with E-state index in [0.29, 0.717) is 26.1 Å². The number of hydrogen-bond donors (Lipinski definition) is 2. The number of carbonyl (C=O) groups excluding carboxylic acids is 2. The van der Waals surface area contributed by atoms with E-state index in [-0.39, 0.29) is 5.91 Å². The number of nitrogens with one attached hydrogen (secondary N) is 1. The number of amides is 2. The van der Waals surface area contributed by atoms with Gasteiger partial charge in [-0.05, 0) is 53.0 Å². The number of unbranched alkanes of at least 4 members (excludes halogenated alkanes) is 1. The van der Waals surface area contributed by atoms with Gasteiger partial charge in [0.1, 0.15) is 11.6 Å². The fourth-order valence-corrected chi connectivity index (χ4v) is 2.18. The van der Waals surface area contributed by atoms with Crippen LogP contribution in [0.3, 0.4) is 0 Å². The zero-order valence-corrected chi connectivity index (χ0v) is 12.8. The summed E-state index contributed by atoms with van der Waals surface area (Å²) in [6.45, 7) is 7.28. The summed E-state index contributed by atoms with van der Waals surface area (Å²) in [6, 6.07) is -0.400. The van der Waals surface area contributed by atoms with Crippen LogP contribution >= 0.6 is 0 Å². The highest BCUT2D eigenvalue weighted by Crippen LogP contribution is 2.20. The van der Waals surface area contributed by atoms with Gasteiger partial charge in [-0.1, -0.05) is 0 Å². The highest BCUT2D eigenvalue weighted by Gasteiger charge is 2.36. The van der Waals surface area contributed by atoms with Crippen LogP contribution in [0.15, 0.2) is 0 Å². The maximum atomic E-state index is 12.1. The van der Waals surface area contributed by atoms with Gasteiger partial charge >= 0.3 is 6.09 Å². The van der Waals surface area contributed by atoms with Gasteiger partial charge in [-0.2, -0.15) is 0 Å². The van der Waals surface area contributed by atoms with E-state index in [1.54, 1.807) is 0 Å². The van der Waals surface area contributed by atoms with Crippen LogP contribution in [0.25, 0.3) is 0 Å². The first kappa shape index (κ1) is 16.8. The van der Waals surface area contributed by atoms with Crippen LogP contribution in [0.2, 0.25) is 0 Å². The topological polar surface area (TPSA) is 84.7 Å². The first-order valence-electron chi connectivity index (χ1n) is 7.32. The maximum Gasteiger partial charge on any atom is 0.410 e. The van der Waals surface area contributed by atoms with E-state index in [4.69, 9.17) is 10.5 Å². The highest BCUT2D eigenvalue weighted by atomic mass is 16.6. The zero-order valence-electron chi connectivity index (χ0n) is 12.8. The third-order valence-corrected chi connectivity index (χ3v) is 3.11. The molecule has 0 radical (unpaired) electrons. The van der Waals surface area contributed by atoms with Gasteiger partial charge in [-0.25, -0.2) is 4.79 Å². The second kappa shape index (κ2) is 7.47. The summed E-state index contributed by atoms with van der Waals surface area (Å²) in [5.41, 5.74) is 4.87. The number of hydrogen-bond acceptors (Lipinski definition) is 4. The molecule has 3 N–H and O–H groups in total. The van der Waals surface area contributed by atoms with Gasteiger partial charge in [0, 0.05) is 13.1 Å². The Bertz CT molecular complexity index is 339. The van der Waals surface area contributed by atoms with Crippen molar-refractivity contribution < 1.29 is 14.3 Å². The SMILES string of the molecule is CC(C)(C)OC(=O)N1CCC[C@H]1C(=O)NCCCCN. The van der Waals surface area contributed by atoms with Crippen LogP contribution in [0.4, 0.5) is 4.79 Å². The molecule has 1 fully saturated rings. The van der Waals surface area contributed by atoms with E-state index in [1.807, 2.05) is 20.8 Å². The van der Waals surface area contributed by atoms with Crippen molar-refractivity contribution in [3.05, 3.63) is 0 Å². The predicted octanol–water partition coefficient (Wildman–Crippen LogP) is 1.24. The molecule has 1 saturated heterocycles. The minimum atomic E-state index is -0.540. The molecule has 0 aliphatic carbocycles. The fourth-order valence-electron chi connectivity index (χ4n) is 2.18. The molecule has 0 aromatic heterocycles. The zero-order chi connectivity index (χ0) is 15.2. The summed E-state index contributed by atoms with van der Waals surface area (Å²) in [4.78, 5) is 25.7. The molecule has 6 heteroatoms. The Balaban J connectivity index is 2.47. The Labute approximate surface area is 121 Å². The lowest BCUT2D eigenvalue weighted by Crippen LogP contribution is -2.47. The van der Waals surface area contributed by atoms with Crippen LogP contribution in [-0.4, -0.2) is 48.2 Å². The minimum Gasteiger partial charge on any atom is -0.444 e. The molecule has 0 aromatic rings. The molecule has 1 aliphatic heterocycles. The van der Waals surface area contributed by atoms with E-state index in [2.05, 4.69) is 5.32 Å². The fraction of sp³-hybridized carbons (Fsp3) is 0.857. The Morgan fingerprint density at radius 1 is 1.35 bits per heavy atom. The van der Waals surface area contributed by atoms with Crippen molar-refractivity contribution in [1.29, 1.82) is 0 Å². The predicted molar refractivity (Wildman–Crippen MR) is 77.3 cm³/mol. The van der Waals surface area contributed by atoms with Crippen LogP contribution < -0.4 is 11.1 Å². The van der Waals surface area contributed by atoms with Crippen molar-refractivity contribution in [2.45, 2.75) is 58.1 Å². The highest BCUT2D eigenvalue weighted by molar-refractivity contribution is 5.86. The third-order valence-electron chi connectivity index (χ3n) is 3.11. The van der Waals surface area contributed by atoms with Gasteiger partial charge in [-0.3, -0.25) is 9.69 Å². The molecule has 0 aromatic carbocycles. The van der Waals surface area contributed by atoms with Gasteiger partial charge in [0.25, 0.3) is 0 Å². The normalized spacial score (nSPS) is 19.0. The summed E-state index contributed by atoms with van der Waals surface area (Å²) < 4.78 is 5.34. The average Bonchev–Trinajstić information content (AvgIpc) is 2.81. The first-order chi connectivity index (χ1) is 9.35. The van der Waals surface area contributed by atoms with Crippen LogP contribution in [0, 0.1) is 0 Å². The lowest BCUT2D eigenvalue weighted by atomic mass is 10.2. The number of rotatable bonds is 5. The molecular formula is C14H27N3O3. The van der Waals surface area contributed by atoms with E-state index in [9.17, 15) is 9.59 Å². The van der Waals surface area contributed by atoms with E-state index >= 15 is 0 Å². The average molecular weight is 285 g/mol. The second-order valence-electron chi connectivity index (χ2n) is 6.12. The van der Waals surface area contributed by atoms with Gasteiger partial charge in [0.15, 0.2) is 0 Å². The van der Waals surface area contributed by atoms with Crippen molar-refractivity contribution in [1.82, 2.24) is 10.2 Å². The van der Waals surface area contributed by atoms with Gasteiger partial charge in [0.2, 0.25) is 5.91 Å². The minimum absolute atomic E-state index is 0.0922. The summed E-state index contributed by atoms with van der Waals surface area (Å²) >= 11 is 0.